The van der Waals surface area contributed by atoms with E-state index >= 15 is 0 Å². The highest BCUT2D eigenvalue weighted by atomic mass is 16.5. The van der Waals surface area contributed by atoms with E-state index in [0.29, 0.717) is 24.2 Å². The summed E-state index contributed by atoms with van der Waals surface area (Å²) >= 11 is 0. The summed E-state index contributed by atoms with van der Waals surface area (Å²) in [4.78, 5) is 48.2. The number of hydrogen-bond donors (Lipinski definition) is 1. The van der Waals surface area contributed by atoms with Crippen molar-refractivity contribution in [1.82, 2.24) is 4.57 Å². The number of nitrogens with two attached hydrogens (primary N) is 1. The van der Waals surface area contributed by atoms with Crippen LogP contribution < -0.4 is 5.73 Å². The molecule has 9 heteroatoms. The quantitative estimate of drug-likeness (QED) is 0.802. The third-order valence-corrected chi connectivity index (χ3v) is 4.53. The molecule has 0 unspecified atom stereocenters. The van der Waals surface area contributed by atoms with Crippen LogP contribution >= 0.6 is 0 Å². The van der Waals surface area contributed by atoms with Gasteiger partial charge >= 0.3 is 12.1 Å². The Labute approximate surface area is 148 Å². The molecule has 1 aromatic heterocycles. The van der Waals surface area contributed by atoms with E-state index in [2.05, 4.69) is 0 Å². The van der Waals surface area contributed by atoms with Crippen LogP contribution in [-0.2, 0) is 32.2 Å². The van der Waals surface area contributed by atoms with E-state index in [4.69, 9.17) is 19.9 Å². The molecule has 0 fully saturated rings. The van der Waals surface area contributed by atoms with Gasteiger partial charge in [0.05, 0.1) is 18.4 Å². The Bertz CT molecular complexity index is 878. The maximum atomic E-state index is 12.9. The van der Waals surface area contributed by atoms with E-state index in [0.717, 1.165) is 0 Å². The number of nitrogens with zero attached hydrogens (tertiary/aromatic N) is 1. The highest BCUT2D eigenvalue weighted by molar-refractivity contribution is 6.26. The van der Waals surface area contributed by atoms with Crippen LogP contribution in [0.2, 0.25) is 0 Å². The standard InChI is InChI=1S/C17H18N2O7/c1-7-14(21)13-11(15(22)16(7)24-3)9(6-25-17(18)23)12-10(26-8(2)20)4-5-19(12)13/h10H,4-6H2,1-3H3,(H2,18,23)/t10-/m1/s1. The zero-order chi connectivity index (χ0) is 19.2. The van der Waals surface area contributed by atoms with Crippen molar-refractivity contribution < 1.29 is 33.4 Å². The first-order valence-electron chi connectivity index (χ1n) is 7.96. The molecule has 0 saturated heterocycles. The molecule has 1 atom stereocenters. The van der Waals surface area contributed by atoms with Crippen molar-refractivity contribution in [3.8, 4) is 0 Å². The maximum Gasteiger partial charge on any atom is 0.404 e. The highest BCUT2D eigenvalue weighted by Crippen LogP contribution is 2.42. The summed E-state index contributed by atoms with van der Waals surface area (Å²) in [5.41, 5.74) is 6.32. The fourth-order valence-electron chi connectivity index (χ4n) is 3.57. The lowest BCUT2D eigenvalue weighted by Gasteiger charge is -2.18. The average molecular weight is 362 g/mol. The van der Waals surface area contributed by atoms with Gasteiger partial charge in [-0.3, -0.25) is 14.4 Å². The molecule has 2 aliphatic rings. The fraction of sp³-hybridized carbons (Fsp3) is 0.412. The predicted molar refractivity (Wildman–Crippen MR) is 86.3 cm³/mol. The van der Waals surface area contributed by atoms with Gasteiger partial charge in [-0.05, 0) is 6.92 Å². The van der Waals surface area contributed by atoms with E-state index in [-0.39, 0.29) is 35.0 Å². The second-order valence-corrected chi connectivity index (χ2v) is 6.05. The monoisotopic (exact) mass is 362 g/mol. The molecule has 1 aromatic rings. The molecule has 0 aromatic carbocycles. The highest BCUT2D eigenvalue weighted by Gasteiger charge is 2.43. The smallest absolute Gasteiger partial charge is 0.404 e. The number of ketones is 2. The summed E-state index contributed by atoms with van der Waals surface area (Å²) in [6.45, 7) is 2.86. The van der Waals surface area contributed by atoms with Crippen LogP contribution in [0.25, 0.3) is 0 Å². The minimum Gasteiger partial charge on any atom is -0.492 e. The summed E-state index contributed by atoms with van der Waals surface area (Å²) in [6.07, 6.45) is -1.21. The first kappa shape index (κ1) is 17.7. The van der Waals surface area contributed by atoms with Gasteiger partial charge in [0.25, 0.3) is 0 Å². The van der Waals surface area contributed by atoms with Crippen LogP contribution in [0.1, 0.15) is 58.5 Å². The Morgan fingerprint density at radius 2 is 1.96 bits per heavy atom. The summed E-state index contributed by atoms with van der Waals surface area (Å²) in [5.74, 6) is -1.39. The Morgan fingerprint density at radius 3 is 2.54 bits per heavy atom. The number of primary amides is 1. The van der Waals surface area contributed by atoms with Crippen molar-refractivity contribution >= 4 is 23.6 Å². The molecule has 26 heavy (non-hydrogen) atoms. The minimum atomic E-state index is -1.02. The van der Waals surface area contributed by atoms with Crippen LogP contribution in [0.4, 0.5) is 4.79 Å². The first-order chi connectivity index (χ1) is 12.3. The van der Waals surface area contributed by atoms with E-state index < -0.39 is 23.9 Å². The fourth-order valence-corrected chi connectivity index (χ4v) is 3.57. The number of carbonyl (C=O) groups excluding carboxylic acids is 4. The van der Waals surface area contributed by atoms with E-state index in [9.17, 15) is 19.2 Å². The Hall–Kier alpha value is -3.10. The summed E-state index contributed by atoms with van der Waals surface area (Å²) in [7, 11) is 1.31. The molecule has 1 amide bonds. The molecular weight excluding hydrogens is 344 g/mol. The predicted octanol–water partition coefficient (Wildman–Crippen LogP) is 1.39. The van der Waals surface area contributed by atoms with Gasteiger partial charge in [0.15, 0.2) is 5.76 Å². The third-order valence-electron chi connectivity index (χ3n) is 4.53. The van der Waals surface area contributed by atoms with E-state index in [1.165, 1.54) is 21.0 Å². The second kappa shape index (κ2) is 6.32. The third kappa shape index (κ3) is 2.56. The number of aromatic nitrogens is 1. The average Bonchev–Trinajstić information content (AvgIpc) is 3.09. The number of carbonyl (C=O) groups is 4. The molecule has 0 saturated carbocycles. The van der Waals surface area contributed by atoms with Gasteiger partial charge < -0.3 is 24.5 Å². The van der Waals surface area contributed by atoms with Crippen LogP contribution in [0.5, 0.6) is 0 Å². The van der Waals surface area contributed by atoms with E-state index in [1.54, 1.807) is 4.57 Å². The van der Waals surface area contributed by atoms with Crippen LogP contribution in [-0.4, -0.2) is 35.3 Å². The van der Waals surface area contributed by atoms with E-state index in [1.807, 2.05) is 0 Å². The van der Waals surface area contributed by atoms with Crippen molar-refractivity contribution in [3.63, 3.8) is 0 Å². The van der Waals surface area contributed by atoms with Crippen molar-refractivity contribution in [1.29, 1.82) is 0 Å². The Balaban J connectivity index is 2.21. The molecule has 2 heterocycles. The van der Waals surface area contributed by atoms with Crippen LogP contribution in [0.15, 0.2) is 11.3 Å². The maximum absolute atomic E-state index is 12.9. The summed E-state index contributed by atoms with van der Waals surface area (Å²) in [5, 5.41) is 0. The summed E-state index contributed by atoms with van der Waals surface area (Å²) < 4.78 is 16.9. The van der Waals surface area contributed by atoms with Gasteiger partial charge in [-0.2, -0.15) is 0 Å². The molecule has 0 bridgehead atoms. The molecule has 3 rings (SSSR count). The summed E-state index contributed by atoms with van der Waals surface area (Å²) in [6, 6.07) is 0. The van der Waals surface area contributed by atoms with Crippen molar-refractivity contribution in [2.45, 2.75) is 39.5 Å². The molecular formula is C17H18N2O7. The molecule has 2 N–H and O–H groups in total. The molecule has 1 aliphatic carbocycles. The molecule has 9 nitrogen and oxygen atoms in total. The number of rotatable bonds is 4. The minimum absolute atomic E-state index is 0.0591. The topological polar surface area (TPSA) is 127 Å². The number of amides is 1. The first-order valence-corrected chi connectivity index (χ1v) is 7.96. The molecule has 0 spiro atoms. The van der Waals surface area contributed by atoms with Crippen LogP contribution in [0, 0.1) is 0 Å². The SMILES string of the molecule is COC1=C(C)C(=O)c2c(c(COC(N)=O)c3n2CC[C@H]3OC(C)=O)C1=O. The lowest BCUT2D eigenvalue weighted by Crippen LogP contribution is -2.24. The molecule has 138 valence electrons. The molecule has 0 radical (unpaired) electrons. The Morgan fingerprint density at radius 1 is 1.27 bits per heavy atom. The Kier molecular flexibility index (Phi) is 4.31. The number of allylic oxidation sites excluding steroid dienone is 2. The zero-order valence-electron chi connectivity index (χ0n) is 14.6. The number of methoxy groups -OCH3 is 1. The molecule has 1 aliphatic heterocycles. The van der Waals surface area contributed by atoms with Gasteiger partial charge in [0.1, 0.15) is 18.4 Å². The normalized spacial score (nSPS) is 18.5. The number of esters is 1. The van der Waals surface area contributed by atoms with Crippen LogP contribution in [0.3, 0.4) is 0 Å². The lowest BCUT2D eigenvalue weighted by atomic mass is 9.90. The lowest BCUT2D eigenvalue weighted by molar-refractivity contribution is -0.146. The number of Topliss-reactive ketones (excluding diaryl/α,β-unsaturated/α-hetero) is 2. The second-order valence-electron chi connectivity index (χ2n) is 6.05. The van der Waals surface area contributed by atoms with Gasteiger partial charge in [-0.15, -0.1) is 0 Å². The number of ether oxygens (including phenoxy) is 3. The van der Waals surface area contributed by atoms with Gasteiger partial charge in [0.2, 0.25) is 11.6 Å². The largest absolute Gasteiger partial charge is 0.492 e. The van der Waals surface area contributed by atoms with Gasteiger partial charge in [-0.1, -0.05) is 0 Å². The van der Waals surface area contributed by atoms with Gasteiger partial charge in [-0.25, -0.2) is 4.79 Å². The number of hydrogen-bond acceptors (Lipinski definition) is 7. The van der Waals surface area contributed by atoms with Gasteiger partial charge in [0, 0.05) is 31.0 Å². The van der Waals surface area contributed by atoms with Crippen molar-refractivity contribution in [3.05, 3.63) is 33.8 Å². The van der Waals surface area contributed by atoms with Crippen molar-refractivity contribution in [2.24, 2.45) is 5.73 Å². The zero-order valence-corrected chi connectivity index (χ0v) is 14.6. The number of fused-ring (bicyclic) bond motifs is 3. The van der Waals surface area contributed by atoms with Crippen molar-refractivity contribution in [2.75, 3.05) is 7.11 Å².